The molecule has 3 N–H and O–H groups in total. The molecule has 4 nitrogen and oxygen atoms in total. The van der Waals surface area contributed by atoms with Crippen LogP contribution in [0, 0.1) is 0 Å². The Morgan fingerprint density at radius 3 is 2.35 bits per heavy atom. The summed E-state index contributed by atoms with van der Waals surface area (Å²) in [4.78, 5) is 11.8. The molecule has 0 heterocycles. The summed E-state index contributed by atoms with van der Waals surface area (Å²) in [5, 5.41) is 2.93. The lowest BCUT2D eigenvalue weighted by Gasteiger charge is -2.26. The molecule has 0 aliphatic heterocycles. The van der Waals surface area contributed by atoms with Gasteiger partial charge < -0.3 is 15.8 Å². The fourth-order valence-electron chi connectivity index (χ4n) is 1.91. The van der Waals surface area contributed by atoms with Crippen LogP contribution in [-0.4, -0.2) is 25.1 Å². The topological polar surface area (TPSA) is 64.3 Å². The predicted octanol–water partition coefficient (Wildman–Crippen LogP) is 2.26. The van der Waals surface area contributed by atoms with E-state index in [2.05, 4.69) is 5.32 Å². The molecule has 0 bridgehead atoms. The van der Waals surface area contributed by atoms with Crippen LogP contribution >= 0.6 is 0 Å². The summed E-state index contributed by atoms with van der Waals surface area (Å²) in [6, 6.07) is 7.79. The van der Waals surface area contributed by atoms with E-state index in [0.29, 0.717) is 13.0 Å². The fourth-order valence-corrected chi connectivity index (χ4v) is 1.91. The van der Waals surface area contributed by atoms with E-state index in [1.54, 1.807) is 7.11 Å². The Morgan fingerprint density at radius 1 is 1.25 bits per heavy atom. The second-order valence-corrected chi connectivity index (χ2v) is 5.19. The maximum Gasteiger partial charge on any atom is 0.220 e. The quantitative estimate of drug-likeness (QED) is 0.766. The highest BCUT2D eigenvalue weighted by atomic mass is 16.5. The summed E-state index contributed by atoms with van der Waals surface area (Å²) in [5.41, 5.74) is 7.00. The van der Waals surface area contributed by atoms with Crippen LogP contribution < -0.4 is 15.8 Å². The molecule has 0 fully saturated rings. The second-order valence-electron chi connectivity index (χ2n) is 5.19. The Bertz CT molecular complexity index is 411. The van der Waals surface area contributed by atoms with E-state index in [-0.39, 0.29) is 11.4 Å². The number of carbonyl (C=O) groups excluding carboxylic acids is 1. The van der Waals surface area contributed by atoms with E-state index in [4.69, 9.17) is 10.5 Å². The van der Waals surface area contributed by atoms with E-state index in [1.807, 2.05) is 38.1 Å². The summed E-state index contributed by atoms with van der Waals surface area (Å²) in [7, 11) is 1.64. The van der Waals surface area contributed by atoms with Gasteiger partial charge in [0.1, 0.15) is 5.75 Å². The third-order valence-corrected chi connectivity index (χ3v) is 3.85. The molecule has 1 amide bonds. The lowest BCUT2D eigenvalue weighted by Crippen LogP contribution is -2.49. The monoisotopic (exact) mass is 278 g/mol. The van der Waals surface area contributed by atoms with Crippen molar-refractivity contribution in [3.8, 4) is 5.75 Å². The Kier molecular flexibility index (Phi) is 6.52. The lowest BCUT2D eigenvalue weighted by atomic mass is 9.94. The molecule has 0 unspecified atom stereocenters. The molecule has 1 aromatic carbocycles. The lowest BCUT2D eigenvalue weighted by molar-refractivity contribution is -0.121. The molecule has 20 heavy (non-hydrogen) atoms. The van der Waals surface area contributed by atoms with Gasteiger partial charge in [-0.25, -0.2) is 0 Å². The average Bonchev–Trinajstić information content (AvgIpc) is 2.51. The van der Waals surface area contributed by atoms with Crippen LogP contribution in [0.1, 0.15) is 38.7 Å². The summed E-state index contributed by atoms with van der Waals surface area (Å²) in [6.45, 7) is 4.64. The number of rotatable bonds is 8. The molecule has 0 aliphatic carbocycles. The highest BCUT2D eigenvalue weighted by Gasteiger charge is 2.20. The third kappa shape index (κ3) is 5.21. The summed E-state index contributed by atoms with van der Waals surface area (Å²) in [5.74, 6) is 0.884. The number of nitrogens with two attached hydrogens (primary N) is 1. The number of amides is 1. The number of ether oxygens (including phenoxy) is 1. The van der Waals surface area contributed by atoms with Gasteiger partial charge in [0, 0.05) is 18.5 Å². The van der Waals surface area contributed by atoms with E-state index in [1.165, 1.54) is 0 Å². The molecule has 0 radical (unpaired) electrons. The molecular formula is C16H26N2O2. The van der Waals surface area contributed by atoms with Gasteiger partial charge >= 0.3 is 0 Å². The second kappa shape index (κ2) is 7.90. The average molecular weight is 278 g/mol. The number of aryl methyl sites for hydroxylation is 1. The van der Waals surface area contributed by atoms with Crippen molar-refractivity contribution in [3.63, 3.8) is 0 Å². The highest BCUT2D eigenvalue weighted by molar-refractivity contribution is 5.76. The van der Waals surface area contributed by atoms with Gasteiger partial charge in [0.05, 0.1) is 7.11 Å². The Morgan fingerprint density at radius 2 is 1.85 bits per heavy atom. The zero-order valence-electron chi connectivity index (χ0n) is 12.7. The van der Waals surface area contributed by atoms with Gasteiger partial charge in [0.25, 0.3) is 0 Å². The van der Waals surface area contributed by atoms with Crippen molar-refractivity contribution in [2.45, 2.75) is 45.1 Å². The number of methoxy groups -OCH3 is 1. The smallest absolute Gasteiger partial charge is 0.220 e. The van der Waals surface area contributed by atoms with Crippen molar-refractivity contribution in [2.75, 3.05) is 13.7 Å². The van der Waals surface area contributed by atoms with Crippen molar-refractivity contribution in [3.05, 3.63) is 29.8 Å². The van der Waals surface area contributed by atoms with Gasteiger partial charge in [-0.2, -0.15) is 0 Å². The number of carbonyl (C=O) groups is 1. The minimum Gasteiger partial charge on any atom is -0.497 e. The molecule has 0 saturated carbocycles. The van der Waals surface area contributed by atoms with Crippen molar-refractivity contribution < 1.29 is 9.53 Å². The molecule has 1 rings (SSSR count). The van der Waals surface area contributed by atoms with Gasteiger partial charge in [-0.15, -0.1) is 0 Å². The fraction of sp³-hybridized carbons (Fsp3) is 0.562. The Labute approximate surface area is 121 Å². The van der Waals surface area contributed by atoms with Crippen LogP contribution in [0.5, 0.6) is 5.75 Å². The normalized spacial score (nSPS) is 11.2. The first-order valence-electron chi connectivity index (χ1n) is 7.21. The summed E-state index contributed by atoms with van der Waals surface area (Å²) >= 11 is 0. The van der Waals surface area contributed by atoms with E-state index in [0.717, 1.165) is 30.6 Å². The molecule has 112 valence electrons. The van der Waals surface area contributed by atoms with Crippen LogP contribution in [0.3, 0.4) is 0 Å². The number of nitrogens with one attached hydrogen (secondary N) is 1. The zero-order chi connectivity index (χ0) is 15.0. The van der Waals surface area contributed by atoms with Crippen LogP contribution in [0.2, 0.25) is 0 Å². The highest BCUT2D eigenvalue weighted by Crippen LogP contribution is 2.13. The van der Waals surface area contributed by atoms with Crippen molar-refractivity contribution >= 4 is 5.91 Å². The maximum atomic E-state index is 11.8. The molecule has 0 spiro atoms. The standard InChI is InChI=1S/C16H26N2O2/c1-4-16(17,5-2)12-18-15(19)11-8-13-6-9-14(20-3)10-7-13/h6-7,9-10H,4-5,8,11-12,17H2,1-3H3,(H,18,19). The van der Waals surface area contributed by atoms with E-state index < -0.39 is 0 Å². The van der Waals surface area contributed by atoms with E-state index >= 15 is 0 Å². The Balaban J connectivity index is 2.35. The molecule has 4 heteroatoms. The number of benzene rings is 1. The van der Waals surface area contributed by atoms with Gasteiger partial charge in [-0.1, -0.05) is 26.0 Å². The van der Waals surface area contributed by atoms with Gasteiger partial charge in [-0.05, 0) is 37.0 Å². The van der Waals surface area contributed by atoms with Crippen LogP contribution in [0.4, 0.5) is 0 Å². The maximum absolute atomic E-state index is 11.8. The molecule has 0 saturated heterocycles. The third-order valence-electron chi connectivity index (χ3n) is 3.85. The van der Waals surface area contributed by atoms with Crippen LogP contribution in [0.15, 0.2) is 24.3 Å². The van der Waals surface area contributed by atoms with Gasteiger partial charge in [0.2, 0.25) is 5.91 Å². The number of hydrogen-bond donors (Lipinski definition) is 2. The van der Waals surface area contributed by atoms with Gasteiger partial charge in [-0.3, -0.25) is 4.79 Å². The van der Waals surface area contributed by atoms with E-state index in [9.17, 15) is 4.79 Å². The predicted molar refractivity (Wildman–Crippen MR) is 81.8 cm³/mol. The largest absolute Gasteiger partial charge is 0.497 e. The minimum absolute atomic E-state index is 0.0533. The van der Waals surface area contributed by atoms with Crippen molar-refractivity contribution in [2.24, 2.45) is 5.73 Å². The van der Waals surface area contributed by atoms with Crippen LogP contribution in [-0.2, 0) is 11.2 Å². The number of hydrogen-bond acceptors (Lipinski definition) is 3. The minimum atomic E-state index is -0.282. The molecular weight excluding hydrogens is 252 g/mol. The molecule has 1 aromatic rings. The zero-order valence-corrected chi connectivity index (χ0v) is 12.7. The Hall–Kier alpha value is -1.55. The first kappa shape index (κ1) is 16.5. The molecule has 0 aromatic heterocycles. The summed E-state index contributed by atoms with van der Waals surface area (Å²) in [6.07, 6.45) is 2.94. The van der Waals surface area contributed by atoms with Crippen molar-refractivity contribution in [1.82, 2.24) is 5.32 Å². The van der Waals surface area contributed by atoms with Crippen molar-refractivity contribution in [1.29, 1.82) is 0 Å². The molecule has 0 aliphatic rings. The SMILES string of the molecule is CCC(N)(CC)CNC(=O)CCc1ccc(OC)cc1. The summed E-state index contributed by atoms with van der Waals surface area (Å²) < 4.78 is 5.10. The first-order valence-corrected chi connectivity index (χ1v) is 7.21. The van der Waals surface area contributed by atoms with Gasteiger partial charge in [0.15, 0.2) is 0 Å². The molecule has 0 atom stereocenters. The first-order chi connectivity index (χ1) is 9.53. The van der Waals surface area contributed by atoms with Crippen LogP contribution in [0.25, 0.3) is 0 Å².